The van der Waals surface area contributed by atoms with E-state index in [2.05, 4.69) is 15.0 Å². The molecule has 2 N–H and O–H groups in total. The molecule has 0 spiro atoms. The molecule has 0 unspecified atom stereocenters. The number of aliphatic hydroxyl groups is 1. The molecule has 1 amide bonds. The molecular weight excluding hydrogens is 576 g/mol. The van der Waals surface area contributed by atoms with Crippen LogP contribution >= 0.6 is 0 Å². The van der Waals surface area contributed by atoms with Crippen LogP contribution in [0.25, 0.3) is 17.1 Å². The van der Waals surface area contributed by atoms with Crippen molar-refractivity contribution in [2.24, 2.45) is 7.05 Å². The molecule has 5 rings (SSSR count). The Kier molecular flexibility index (Phi) is 7.88. The van der Waals surface area contributed by atoms with Crippen molar-refractivity contribution in [3.05, 3.63) is 81.8 Å². The van der Waals surface area contributed by atoms with Crippen LogP contribution < -0.4 is 25.1 Å². The van der Waals surface area contributed by atoms with E-state index >= 15 is 8.78 Å². The van der Waals surface area contributed by atoms with Gasteiger partial charge in [0.2, 0.25) is 0 Å². The number of benzene rings is 2. The fourth-order valence-corrected chi connectivity index (χ4v) is 4.85. The summed E-state index contributed by atoms with van der Waals surface area (Å²) in [5, 5.41) is 13.4. The van der Waals surface area contributed by atoms with Crippen LogP contribution in [0, 0.1) is 11.6 Å². The molecule has 1 aliphatic rings. The zero-order valence-electron chi connectivity index (χ0n) is 23.2. The Morgan fingerprint density at radius 2 is 1.60 bits per heavy atom. The van der Waals surface area contributed by atoms with Crippen molar-refractivity contribution in [3.63, 3.8) is 0 Å². The van der Waals surface area contributed by atoms with E-state index in [1.165, 1.54) is 45.5 Å². The molecule has 0 atom stereocenters. The average Bonchev–Trinajstić information content (AvgIpc) is 3.19. The predicted octanol–water partition coefficient (Wildman–Crippen LogP) is 4.76. The first-order chi connectivity index (χ1) is 20.4. The van der Waals surface area contributed by atoms with E-state index in [4.69, 9.17) is 9.47 Å². The summed E-state index contributed by atoms with van der Waals surface area (Å²) in [6.45, 7) is -3.07. The van der Waals surface area contributed by atoms with Crippen molar-refractivity contribution in [1.82, 2.24) is 14.3 Å². The van der Waals surface area contributed by atoms with Gasteiger partial charge in [-0.1, -0.05) is 0 Å². The van der Waals surface area contributed by atoms with Crippen LogP contribution in [-0.4, -0.2) is 46.2 Å². The molecule has 0 bridgehead atoms. The number of amides is 1. The molecule has 4 aromatic rings. The zero-order valence-corrected chi connectivity index (χ0v) is 23.2. The van der Waals surface area contributed by atoms with Crippen molar-refractivity contribution in [2.75, 3.05) is 19.5 Å². The lowest BCUT2D eigenvalue weighted by Gasteiger charge is -2.36. The average molecular weight is 603 g/mol. The minimum atomic E-state index is -3.07. The molecule has 1 saturated carbocycles. The Labute approximate surface area is 242 Å². The van der Waals surface area contributed by atoms with Crippen LogP contribution in [0.4, 0.5) is 23.2 Å². The summed E-state index contributed by atoms with van der Waals surface area (Å²) in [7, 11) is 3.95. The van der Waals surface area contributed by atoms with Gasteiger partial charge in [0.05, 0.1) is 25.5 Å². The number of methoxy groups -OCH3 is 2. The van der Waals surface area contributed by atoms with Crippen LogP contribution in [0.2, 0.25) is 0 Å². The van der Waals surface area contributed by atoms with Crippen LogP contribution in [0.1, 0.15) is 35.3 Å². The molecular formula is C29H26F4N4O6. The van der Waals surface area contributed by atoms with Crippen LogP contribution in [-0.2, 0) is 12.6 Å². The summed E-state index contributed by atoms with van der Waals surface area (Å²) in [4.78, 5) is 31.6. The molecule has 2 heterocycles. The molecule has 0 saturated heterocycles. The van der Waals surface area contributed by atoms with Gasteiger partial charge in [0.1, 0.15) is 45.9 Å². The number of anilines is 1. The van der Waals surface area contributed by atoms with Crippen LogP contribution in [0.5, 0.6) is 17.2 Å². The lowest BCUT2D eigenvalue weighted by molar-refractivity contribution is -0.0498. The number of hydrogen-bond donors (Lipinski definition) is 2. The van der Waals surface area contributed by atoms with Gasteiger partial charge >= 0.3 is 6.61 Å². The Morgan fingerprint density at radius 1 is 1.00 bits per heavy atom. The lowest BCUT2D eigenvalue weighted by atomic mass is 9.77. The van der Waals surface area contributed by atoms with Gasteiger partial charge in [-0.05, 0) is 43.5 Å². The van der Waals surface area contributed by atoms with Crippen LogP contribution in [0.15, 0.2) is 53.3 Å². The fraction of sp³-hybridized carbons (Fsp3) is 0.276. The van der Waals surface area contributed by atoms with Gasteiger partial charge < -0.3 is 24.6 Å². The number of ether oxygens (including phenoxy) is 3. The second-order valence-corrected chi connectivity index (χ2v) is 9.82. The highest BCUT2D eigenvalue weighted by Gasteiger charge is 2.39. The highest BCUT2D eigenvalue weighted by atomic mass is 19.3. The summed E-state index contributed by atoms with van der Waals surface area (Å²) in [6, 6.07) is 9.37. The number of halogens is 4. The topological polar surface area (TPSA) is 117 Å². The maximum Gasteiger partial charge on any atom is 0.387 e. The molecule has 14 heteroatoms. The van der Waals surface area contributed by atoms with Gasteiger partial charge in [-0.3, -0.25) is 14.3 Å². The van der Waals surface area contributed by atoms with Crippen molar-refractivity contribution in [3.8, 4) is 34.3 Å². The number of pyridine rings is 1. The summed E-state index contributed by atoms with van der Waals surface area (Å²) in [5.41, 5.74) is -3.47. The normalized spacial score (nSPS) is 13.9. The van der Waals surface area contributed by atoms with E-state index in [0.29, 0.717) is 12.8 Å². The maximum absolute atomic E-state index is 15.4. The summed E-state index contributed by atoms with van der Waals surface area (Å²) < 4.78 is 72.5. The Balaban J connectivity index is 1.68. The van der Waals surface area contributed by atoms with E-state index < -0.39 is 46.6 Å². The zero-order chi connectivity index (χ0) is 31.1. The lowest BCUT2D eigenvalue weighted by Crippen LogP contribution is -2.35. The second kappa shape index (κ2) is 11.4. The summed E-state index contributed by atoms with van der Waals surface area (Å²) in [6.07, 6.45) is 1.63. The Morgan fingerprint density at radius 3 is 2.14 bits per heavy atom. The SMILES string of the molecule is COc1cc(-n2c(=O)c(NC(=O)c3ccc(OC(F)F)cc3)c(-c3c(F)cc(OC)cc3F)n2C)nc(C2(O)CCC2)c1. The van der Waals surface area contributed by atoms with Crippen molar-refractivity contribution < 1.29 is 41.7 Å². The Hall–Kier alpha value is -4.85. The number of nitrogens with one attached hydrogen (secondary N) is 1. The molecule has 2 aromatic heterocycles. The molecule has 1 aliphatic carbocycles. The van der Waals surface area contributed by atoms with Gasteiger partial charge in [0, 0.05) is 36.9 Å². The molecule has 43 heavy (non-hydrogen) atoms. The van der Waals surface area contributed by atoms with Gasteiger partial charge in [-0.2, -0.15) is 13.5 Å². The minimum Gasteiger partial charge on any atom is -0.497 e. The molecule has 1 fully saturated rings. The first-order valence-corrected chi connectivity index (χ1v) is 13.0. The third kappa shape index (κ3) is 5.52. The van der Waals surface area contributed by atoms with E-state index in [0.717, 1.165) is 40.0 Å². The first-order valence-electron chi connectivity index (χ1n) is 13.0. The maximum atomic E-state index is 15.4. The van der Waals surface area contributed by atoms with E-state index in [1.54, 1.807) is 0 Å². The largest absolute Gasteiger partial charge is 0.497 e. The van der Waals surface area contributed by atoms with E-state index in [1.807, 2.05) is 0 Å². The predicted molar refractivity (Wildman–Crippen MR) is 146 cm³/mol. The van der Waals surface area contributed by atoms with E-state index in [-0.39, 0.29) is 40.0 Å². The highest BCUT2D eigenvalue weighted by molar-refractivity contribution is 6.06. The second-order valence-electron chi connectivity index (χ2n) is 9.82. The molecule has 2 aromatic carbocycles. The number of rotatable bonds is 9. The van der Waals surface area contributed by atoms with Crippen LogP contribution in [0.3, 0.4) is 0 Å². The molecule has 226 valence electrons. The quantitative estimate of drug-likeness (QED) is 0.266. The fourth-order valence-electron chi connectivity index (χ4n) is 4.85. The highest BCUT2D eigenvalue weighted by Crippen LogP contribution is 2.41. The van der Waals surface area contributed by atoms with Crippen molar-refractivity contribution >= 4 is 11.6 Å². The minimum absolute atomic E-state index is 0.0493. The van der Waals surface area contributed by atoms with Gasteiger partial charge in [0.15, 0.2) is 5.82 Å². The number of hydrogen-bond acceptors (Lipinski definition) is 7. The summed E-state index contributed by atoms with van der Waals surface area (Å²) in [5.74, 6) is -3.16. The van der Waals surface area contributed by atoms with Gasteiger partial charge in [-0.15, -0.1) is 0 Å². The summed E-state index contributed by atoms with van der Waals surface area (Å²) >= 11 is 0. The van der Waals surface area contributed by atoms with Gasteiger partial charge in [-0.25, -0.2) is 13.8 Å². The third-order valence-corrected chi connectivity index (χ3v) is 7.23. The van der Waals surface area contributed by atoms with Gasteiger partial charge in [0.25, 0.3) is 11.5 Å². The molecule has 10 nitrogen and oxygen atoms in total. The number of nitrogens with zero attached hydrogens (tertiary/aromatic N) is 3. The molecule has 0 radical (unpaired) electrons. The van der Waals surface area contributed by atoms with Crippen molar-refractivity contribution in [2.45, 2.75) is 31.5 Å². The number of aromatic nitrogens is 3. The van der Waals surface area contributed by atoms with E-state index in [9.17, 15) is 23.5 Å². The number of carbonyl (C=O) groups excluding carboxylic acids is 1. The molecule has 0 aliphatic heterocycles. The smallest absolute Gasteiger partial charge is 0.387 e. The first kappa shape index (κ1) is 29.6. The third-order valence-electron chi connectivity index (χ3n) is 7.23. The number of alkyl halides is 2. The van der Waals surface area contributed by atoms with Crippen molar-refractivity contribution in [1.29, 1.82) is 0 Å². The number of carbonyl (C=O) groups is 1. The Bertz CT molecular complexity index is 1730. The monoisotopic (exact) mass is 602 g/mol. The standard InChI is InChI=1S/C29H26F4N4O6/c1-36-25(23-19(30)11-17(41-2)12-20(23)31)24(35-26(38)15-5-7-16(8-6-15)43-28(32)33)27(39)37(36)22-14-18(42-3)13-21(34-22)29(40)9-4-10-29/h5-8,11-14,28,40H,4,9-10H2,1-3H3,(H,35,38).